The summed E-state index contributed by atoms with van der Waals surface area (Å²) in [6.45, 7) is 4.06. The van der Waals surface area contributed by atoms with Gasteiger partial charge in [0, 0.05) is 17.1 Å². The maximum atomic E-state index is 12.0. The van der Waals surface area contributed by atoms with Gasteiger partial charge in [0.2, 0.25) is 0 Å². The van der Waals surface area contributed by atoms with Crippen molar-refractivity contribution in [3.8, 4) is 0 Å². The van der Waals surface area contributed by atoms with Crippen molar-refractivity contribution in [2.75, 3.05) is 6.61 Å². The van der Waals surface area contributed by atoms with E-state index in [4.69, 9.17) is 5.11 Å². The van der Waals surface area contributed by atoms with Crippen molar-refractivity contribution in [3.05, 3.63) is 33.8 Å². The van der Waals surface area contributed by atoms with Gasteiger partial charge in [-0.15, -0.1) is 0 Å². The van der Waals surface area contributed by atoms with Crippen LogP contribution in [0.1, 0.15) is 35.7 Å². The molecule has 94 valence electrons. The predicted octanol–water partition coefficient (Wildman–Crippen LogP) is 2.65. The molecule has 0 fully saturated rings. The number of hydrogen-bond acceptors (Lipinski definition) is 2. The molecule has 0 aliphatic heterocycles. The normalized spacial score (nSPS) is 12.2. The molecule has 0 spiro atoms. The van der Waals surface area contributed by atoms with Crippen LogP contribution in [-0.4, -0.2) is 23.7 Å². The van der Waals surface area contributed by atoms with E-state index in [0.29, 0.717) is 12.0 Å². The van der Waals surface area contributed by atoms with Gasteiger partial charge in [-0.1, -0.05) is 12.1 Å². The van der Waals surface area contributed by atoms with E-state index in [1.807, 2.05) is 26.0 Å². The molecule has 17 heavy (non-hydrogen) atoms. The molecule has 0 aromatic heterocycles. The molecule has 0 bridgehead atoms. The van der Waals surface area contributed by atoms with Crippen molar-refractivity contribution in [1.29, 1.82) is 0 Å². The number of carbonyl (C=O) groups excluding carboxylic acids is 1. The Morgan fingerprint density at radius 3 is 2.88 bits per heavy atom. The van der Waals surface area contributed by atoms with Crippen LogP contribution < -0.4 is 5.32 Å². The number of aliphatic hydroxyl groups excluding tert-OH is 1. The lowest BCUT2D eigenvalue weighted by Crippen LogP contribution is -2.32. The Morgan fingerprint density at radius 1 is 1.53 bits per heavy atom. The first-order valence-electron chi connectivity index (χ1n) is 5.73. The van der Waals surface area contributed by atoms with E-state index in [0.717, 1.165) is 16.5 Å². The topological polar surface area (TPSA) is 49.3 Å². The number of rotatable bonds is 5. The maximum Gasteiger partial charge on any atom is 0.252 e. The quantitative estimate of drug-likeness (QED) is 0.878. The van der Waals surface area contributed by atoms with Gasteiger partial charge in [-0.25, -0.2) is 0 Å². The molecule has 1 unspecified atom stereocenters. The first-order valence-corrected chi connectivity index (χ1v) is 6.52. The molecular weight excluding hydrogens is 282 g/mol. The second-order valence-corrected chi connectivity index (χ2v) is 4.97. The van der Waals surface area contributed by atoms with Gasteiger partial charge in [-0.05, 0) is 54.2 Å². The number of halogens is 1. The molecule has 0 aliphatic carbocycles. The van der Waals surface area contributed by atoms with Gasteiger partial charge < -0.3 is 10.4 Å². The zero-order valence-corrected chi connectivity index (χ0v) is 11.8. The number of carbonyl (C=O) groups is 1. The van der Waals surface area contributed by atoms with E-state index in [1.165, 1.54) is 0 Å². The molecule has 0 radical (unpaired) electrons. The summed E-state index contributed by atoms with van der Waals surface area (Å²) >= 11 is 3.42. The van der Waals surface area contributed by atoms with Gasteiger partial charge in [-0.3, -0.25) is 4.79 Å². The second-order valence-electron chi connectivity index (χ2n) is 4.18. The lowest BCUT2D eigenvalue weighted by atomic mass is 10.1. The van der Waals surface area contributed by atoms with Crippen LogP contribution in [0.2, 0.25) is 0 Å². The molecule has 0 saturated carbocycles. The molecule has 0 saturated heterocycles. The summed E-state index contributed by atoms with van der Waals surface area (Å²) in [6.07, 6.45) is 1.49. The minimum absolute atomic E-state index is 0.0714. The van der Waals surface area contributed by atoms with Crippen LogP contribution in [0.15, 0.2) is 22.7 Å². The van der Waals surface area contributed by atoms with Crippen molar-refractivity contribution in [3.63, 3.8) is 0 Å². The summed E-state index contributed by atoms with van der Waals surface area (Å²) in [7, 11) is 0. The molecule has 0 aliphatic rings. The van der Waals surface area contributed by atoms with Crippen LogP contribution in [-0.2, 0) is 0 Å². The summed E-state index contributed by atoms with van der Waals surface area (Å²) in [5.74, 6) is -0.0778. The third-order valence-corrected chi connectivity index (χ3v) is 3.66. The molecule has 4 heteroatoms. The summed E-state index contributed by atoms with van der Waals surface area (Å²) in [5, 5.41) is 11.6. The second kappa shape index (κ2) is 6.77. The number of aryl methyl sites for hydroxylation is 1. The average molecular weight is 300 g/mol. The maximum absolute atomic E-state index is 12.0. The zero-order chi connectivity index (χ0) is 12.8. The highest BCUT2D eigenvalue weighted by Crippen LogP contribution is 2.21. The van der Waals surface area contributed by atoms with Crippen LogP contribution in [0.25, 0.3) is 0 Å². The molecule has 1 rings (SSSR count). The smallest absolute Gasteiger partial charge is 0.252 e. The summed E-state index contributed by atoms with van der Waals surface area (Å²) in [4.78, 5) is 12.0. The van der Waals surface area contributed by atoms with E-state index in [-0.39, 0.29) is 18.6 Å². The zero-order valence-electron chi connectivity index (χ0n) is 10.2. The van der Waals surface area contributed by atoms with E-state index in [2.05, 4.69) is 21.2 Å². The molecule has 2 N–H and O–H groups in total. The first-order chi connectivity index (χ1) is 8.06. The van der Waals surface area contributed by atoms with Crippen LogP contribution in [0.5, 0.6) is 0 Å². The van der Waals surface area contributed by atoms with Gasteiger partial charge in [0.1, 0.15) is 0 Å². The fourth-order valence-corrected chi connectivity index (χ4v) is 2.04. The summed E-state index contributed by atoms with van der Waals surface area (Å²) in [5.41, 5.74) is 1.70. The third kappa shape index (κ3) is 4.13. The van der Waals surface area contributed by atoms with Gasteiger partial charge in [0.25, 0.3) is 5.91 Å². The highest BCUT2D eigenvalue weighted by atomic mass is 79.9. The highest BCUT2D eigenvalue weighted by Gasteiger charge is 2.13. The standard InChI is InChI=1S/C13H18BrNO2/c1-9-5-3-7-11(12(9)14)13(17)15-10(2)6-4-8-16/h3,5,7,10,16H,4,6,8H2,1-2H3,(H,15,17). The predicted molar refractivity (Wildman–Crippen MR) is 72.1 cm³/mol. The van der Waals surface area contributed by atoms with Crippen LogP contribution in [0.4, 0.5) is 0 Å². The number of hydrogen-bond donors (Lipinski definition) is 2. The largest absolute Gasteiger partial charge is 0.396 e. The molecule has 1 amide bonds. The Labute approximate surface area is 110 Å². The Hall–Kier alpha value is -0.870. The summed E-state index contributed by atoms with van der Waals surface area (Å²) in [6, 6.07) is 5.69. The van der Waals surface area contributed by atoms with Gasteiger partial charge >= 0.3 is 0 Å². The van der Waals surface area contributed by atoms with Crippen LogP contribution >= 0.6 is 15.9 Å². The number of amides is 1. The van der Waals surface area contributed by atoms with Crippen LogP contribution in [0.3, 0.4) is 0 Å². The molecular formula is C13H18BrNO2. The van der Waals surface area contributed by atoms with E-state index < -0.39 is 0 Å². The first kappa shape index (κ1) is 14.2. The van der Waals surface area contributed by atoms with E-state index in [9.17, 15) is 4.79 Å². The van der Waals surface area contributed by atoms with Crippen molar-refractivity contribution in [2.24, 2.45) is 0 Å². The van der Waals surface area contributed by atoms with Gasteiger partial charge in [0.05, 0.1) is 5.56 Å². The van der Waals surface area contributed by atoms with Crippen molar-refractivity contribution in [1.82, 2.24) is 5.32 Å². The third-order valence-electron chi connectivity index (χ3n) is 2.61. The van der Waals surface area contributed by atoms with E-state index in [1.54, 1.807) is 6.07 Å². The lowest BCUT2D eigenvalue weighted by molar-refractivity contribution is 0.0935. The minimum atomic E-state index is -0.0778. The molecule has 0 heterocycles. The molecule has 3 nitrogen and oxygen atoms in total. The Morgan fingerprint density at radius 2 is 2.24 bits per heavy atom. The number of nitrogens with one attached hydrogen (secondary N) is 1. The molecule has 1 atom stereocenters. The van der Waals surface area contributed by atoms with Gasteiger partial charge in [-0.2, -0.15) is 0 Å². The molecule has 1 aromatic carbocycles. The lowest BCUT2D eigenvalue weighted by Gasteiger charge is -2.14. The minimum Gasteiger partial charge on any atom is -0.396 e. The summed E-state index contributed by atoms with van der Waals surface area (Å²) < 4.78 is 0.840. The highest BCUT2D eigenvalue weighted by molar-refractivity contribution is 9.10. The SMILES string of the molecule is Cc1cccc(C(=O)NC(C)CCCO)c1Br. The fourth-order valence-electron chi connectivity index (χ4n) is 1.59. The van der Waals surface area contributed by atoms with Crippen LogP contribution in [0, 0.1) is 6.92 Å². The average Bonchev–Trinajstić information content (AvgIpc) is 2.29. The van der Waals surface area contributed by atoms with Crippen molar-refractivity contribution in [2.45, 2.75) is 32.7 Å². The monoisotopic (exact) mass is 299 g/mol. The number of benzene rings is 1. The van der Waals surface area contributed by atoms with E-state index >= 15 is 0 Å². The Kier molecular flexibility index (Phi) is 5.65. The Bertz CT molecular complexity index is 393. The number of aliphatic hydroxyl groups is 1. The van der Waals surface area contributed by atoms with Crippen molar-refractivity contribution < 1.29 is 9.90 Å². The van der Waals surface area contributed by atoms with Crippen molar-refractivity contribution >= 4 is 21.8 Å². The molecule has 1 aromatic rings. The fraction of sp³-hybridized carbons (Fsp3) is 0.462. The Balaban J connectivity index is 2.67. The van der Waals surface area contributed by atoms with Gasteiger partial charge in [0.15, 0.2) is 0 Å².